The van der Waals surface area contributed by atoms with Gasteiger partial charge in [-0.05, 0) is 62.2 Å². The summed E-state index contributed by atoms with van der Waals surface area (Å²) in [5.74, 6) is 5.60. The van der Waals surface area contributed by atoms with Crippen LogP contribution in [0.15, 0.2) is 11.1 Å². The maximum atomic E-state index is 11.9. The van der Waals surface area contributed by atoms with Gasteiger partial charge in [-0.15, -0.1) is 6.42 Å². The Morgan fingerprint density at radius 1 is 1.26 bits per heavy atom. The molecule has 2 nitrogen and oxygen atoms in total. The van der Waals surface area contributed by atoms with Crippen LogP contribution in [0.2, 0.25) is 0 Å². The van der Waals surface area contributed by atoms with E-state index in [0.717, 1.165) is 44.9 Å². The van der Waals surface area contributed by atoms with Gasteiger partial charge in [0.05, 0.1) is 0 Å². The van der Waals surface area contributed by atoms with Crippen LogP contribution in [0.4, 0.5) is 0 Å². The normalized spacial score (nSPS) is 49.2. The molecule has 0 radical (unpaired) electrons. The Bertz CT molecular complexity index is 624. The van der Waals surface area contributed by atoms with Gasteiger partial charge in [-0.25, -0.2) is 0 Å². The molecule has 0 saturated heterocycles. The van der Waals surface area contributed by atoms with Crippen LogP contribution in [0.5, 0.6) is 0 Å². The van der Waals surface area contributed by atoms with Gasteiger partial charge >= 0.3 is 0 Å². The molecule has 4 rings (SSSR count). The second-order valence-corrected chi connectivity index (χ2v) is 8.82. The predicted octanol–water partition coefficient (Wildman–Crippen LogP) is 3.88. The van der Waals surface area contributed by atoms with E-state index in [1.807, 2.05) is 0 Å². The average molecular weight is 312 g/mol. The van der Waals surface area contributed by atoms with E-state index in [2.05, 4.69) is 19.8 Å². The second-order valence-electron chi connectivity index (χ2n) is 8.82. The average Bonchev–Trinajstić information content (AvgIpc) is 2.79. The van der Waals surface area contributed by atoms with Gasteiger partial charge in [0, 0.05) is 18.3 Å². The molecule has 4 aliphatic carbocycles. The first-order valence-electron chi connectivity index (χ1n) is 9.32. The van der Waals surface area contributed by atoms with E-state index < -0.39 is 5.60 Å². The van der Waals surface area contributed by atoms with E-state index in [1.54, 1.807) is 5.57 Å². The van der Waals surface area contributed by atoms with E-state index in [4.69, 9.17) is 6.42 Å². The zero-order valence-corrected chi connectivity index (χ0v) is 14.4. The number of carbonyl (C=O) groups excluding carboxylic acids is 1. The summed E-state index contributed by atoms with van der Waals surface area (Å²) >= 11 is 0. The molecule has 0 unspecified atom stereocenters. The lowest BCUT2D eigenvalue weighted by molar-refractivity contribution is -0.119. The molecular formula is C21H28O2. The van der Waals surface area contributed by atoms with Gasteiger partial charge in [0.2, 0.25) is 0 Å². The molecule has 0 aromatic heterocycles. The SMILES string of the molecule is C#C[C@]1(O)CC[C@@H]2[C@H]3[C@H](C)CC4=C(CCC(=O)C4)[C@H]3CC[C@]21C. The predicted molar refractivity (Wildman–Crippen MR) is 90.5 cm³/mol. The molecule has 0 bridgehead atoms. The fourth-order valence-corrected chi connectivity index (χ4v) is 6.72. The quantitative estimate of drug-likeness (QED) is 0.544. The molecular weight excluding hydrogens is 284 g/mol. The number of fused-ring (bicyclic) bond motifs is 4. The number of Topliss-reactive ketones (excluding diaryl/α,β-unsaturated/α-hetero) is 1. The Kier molecular flexibility index (Phi) is 3.34. The zero-order chi connectivity index (χ0) is 16.4. The second kappa shape index (κ2) is 4.96. The molecule has 124 valence electrons. The van der Waals surface area contributed by atoms with Crippen molar-refractivity contribution in [1.29, 1.82) is 0 Å². The van der Waals surface area contributed by atoms with Gasteiger partial charge < -0.3 is 5.11 Å². The fraction of sp³-hybridized carbons (Fsp3) is 0.762. The van der Waals surface area contributed by atoms with Crippen LogP contribution in [-0.2, 0) is 4.79 Å². The first kappa shape index (κ1) is 15.5. The topological polar surface area (TPSA) is 37.3 Å². The summed E-state index contributed by atoms with van der Waals surface area (Å²) in [6, 6.07) is 0. The van der Waals surface area contributed by atoms with Gasteiger partial charge in [0.15, 0.2) is 0 Å². The van der Waals surface area contributed by atoms with Crippen molar-refractivity contribution >= 4 is 5.78 Å². The summed E-state index contributed by atoms with van der Waals surface area (Å²) in [6.45, 7) is 4.60. The van der Waals surface area contributed by atoms with E-state index in [0.29, 0.717) is 35.9 Å². The lowest BCUT2D eigenvalue weighted by atomic mass is 9.50. The van der Waals surface area contributed by atoms with Crippen LogP contribution in [0, 0.1) is 41.4 Å². The van der Waals surface area contributed by atoms with Crippen LogP contribution < -0.4 is 0 Å². The van der Waals surface area contributed by atoms with Crippen molar-refractivity contribution in [3.63, 3.8) is 0 Å². The van der Waals surface area contributed by atoms with Crippen LogP contribution >= 0.6 is 0 Å². The number of hydrogen-bond acceptors (Lipinski definition) is 2. The molecule has 2 fully saturated rings. The maximum absolute atomic E-state index is 11.9. The van der Waals surface area contributed by atoms with Gasteiger partial charge in [0.1, 0.15) is 11.4 Å². The summed E-state index contributed by atoms with van der Waals surface area (Å²) in [6.07, 6.45) is 13.2. The lowest BCUT2D eigenvalue weighted by Gasteiger charge is -2.55. The van der Waals surface area contributed by atoms with E-state index >= 15 is 0 Å². The number of ketones is 1. The molecule has 0 aliphatic heterocycles. The van der Waals surface area contributed by atoms with E-state index in [-0.39, 0.29) is 5.41 Å². The number of terminal acetylenes is 1. The monoisotopic (exact) mass is 312 g/mol. The summed E-state index contributed by atoms with van der Waals surface area (Å²) in [5.41, 5.74) is 2.04. The number of carbonyl (C=O) groups is 1. The maximum Gasteiger partial charge on any atom is 0.137 e. The smallest absolute Gasteiger partial charge is 0.137 e. The molecule has 0 amide bonds. The van der Waals surface area contributed by atoms with Crippen molar-refractivity contribution in [1.82, 2.24) is 0 Å². The molecule has 0 aromatic rings. The van der Waals surface area contributed by atoms with Crippen LogP contribution in [0.25, 0.3) is 0 Å². The van der Waals surface area contributed by atoms with Crippen molar-refractivity contribution in [2.75, 3.05) is 0 Å². The fourth-order valence-electron chi connectivity index (χ4n) is 6.72. The highest BCUT2D eigenvalue weighted by molar-refractivity contribution is 5.82. The molecule has 0 heterocycles. The van der Waals surface area contributed by atoms with Crippen LogP contribution in [0.3, 0.4) is 0 Å². The lowest BCUT2D eigenvalue weighted by Crippen LogP contribution is -2.52. The molecule has 4 aliphatic rings. The minimum atomic E-state index is -0.917. The third kappa shape index (κ3) is 1.96. The van der Waals surface area contributed by atoms with Crippen LogP contribution in [-0.4, -0.2) is 16.5 Å². The van der Waals surface area contributed by atoms with Gasteiger partial charge in [-0.2, -0.15) is 0 Å². The first-order chi connectivity index (χ1) is 10.9. The first-order valence-corrected chi connectivity index (χ1v) is 9.32. The molecule has 0 spiro atoms. The molecule has 6 atom stereocenters. The number of aliphatic hydroxyl groups is 1. The number of hydrogen-bond donors (Lipinski definition) is 1. The molecule has 2 heteroatoms. The third-order valence-electron chi connectivity index (χ3n) is 7.93. The standard InChI is InChI=1S/C21H28O2/c1-4-21(23)10-8-18-19-13(2)11-14-12-15(22)5-6-16(14)17(19)7-9-20(18,21)3/h1,13,17-19,23H,5-12H2,2-3H3/t13-,17-,18-,19+,20-,21+/m1/s1. The van der Waals surface area contributed by atoms with Crippen LogP contribution in [0.1, 0.15) is 65.2 Å². The Labute approximate surface area is 139 Å². The highest BCUT2D eigenvalue weighted by Gasteiger charge is 2.62. The number of rotatable bonds is 0. The Balaban J connectivity index is 1.72. The van der Waals surface area contributed by atoms with Crippen molar-refractivity contribution in [2.24, 2.45) is 29.1 Å². The highest BCUT2D eigenvalue weighted by atomic mass is 16.3. The Hall–Kier alpha value is -1.07. The number of allylic oxidation sites excluding steroid dienone is 2. The Morgan fingerprint density at radius 2 is 2.04 bits per heavy atom. The summed E-state index contributed by atoms with van der Waals surface area (Å²) < 4.78 is 0. The third-order valence-corrected chi connectivity index (χ3v) is 7.93. The van der Waals surface area contributed by atoms with Gasteiger partial charge in [0.25, 0.3) is 0 Å². The van der Waals surface area contributed by atoms with Crippen molar-refractivity contribution in [3.8, 4) is 12.3 Å². The van der Waals surface area contributed by atoms with Crippen molar-refractivity contribution < 1.29 is 9.90 Å². The molecule has 2 saturated carbocycles. The van der Waals surface area contributed by atoms with Crippen molar-refractivity contribution in [2.45, 2.75) is 70.8 Å². The highest BCUT2D eigenvalue weighted by Crippen LogP contribution is 2.65. The van der Waals surface area contributed by atoms with E-state index in [9.17, 15) is 9.90 Å². The summed E-state index contributed by atoms with van der Waals surface area (Å²) in [5, 5.41) is 11.0. The summed E-state index contributed by atoms with van der Waals surface area (Å²) in [4.78, 5) is 11.9. The molecule has 1 N–H and O–H groups in total. The Morgan fingerprint density at radius 3 is 2.78 bits per heavy atom. The zero-order valence-electron chi connectivity index (χ0n) is 14.4. The molecule has 23 heavy (non-hydrogen) atoms. The van der Waals surface area contributed by atoms with Crippen molar-refractivity contribution in [3.05, 3.63) is 11.1 Å². The minimum Gasteiger partial charge on any atom is -0.377 e. The van der Waals surface area contributed by atoms with Gasteiger partial charge in [-0.3, -0.25) is 4.79 Å². The summed E-state index contributed by atoms with van der Waals surface area (Å²) in [7, 11) is 0. The minimum absolute atomic E-state index is 0.125. The largest absolute Gasteiger partial charge is 0.377 e. The molecule has 0 aromatic carbocycles. The van der Waals surface area contributed by atoms with E-state index in [1.165, 1.54) is 5.57 Å². The van der Waals surface area contributed by atoms with Gasteiger partial charge in [-0.1, -0.05) is 30.9 Å².